The summed E-state index contributed by atoms with van der Waals surface area (Å²) in [5, 5.41) is 7.69. The Balaban J connectivity index is 2.82. The molecule has 1 amide bonds. The number of primary sulfonamides is 1. The number of amides is 1. The van der Waals surface area contributed by atoms with E-state index in [0.29, 0.717) is 12.1 Å². The molecule has 1 rings (SSSR count). The molecule has 0 fully saturated rings. The van der Waals surface area contributed by atoms with Gasteiger partial charge in [-0.3, -0.25) is 4.79 Å². The first-order chi connectivity index (χ1) is 7.95. The molecule has 3 N–H and O–H groups in total. The Labute approximate surface area is 101 Å². The maximum absolute atomic E-state index is 11.7. The standard InChI is InChI=1S/C11H16N2O3S/c1-2-3-7-13-11(14)9-5-4-6-10(8-9)17(12,15)16/h4-6,8H,2-3,7H2,1H3,(H,13,14)(H2,12,15,16). The molecule has 0 bridgehead atoms. The smallest absolute Gasteiger partial charge is 0.251 e. The summed E-state index contributed by atoms with van der Waals surface area (Å²) in [6.07, 6.45) is 1.87. The Kier molecular flexibility index (Phi) is 4.65. The van der Waals surface area contributed by atoms with Gasteiger partial charge in [-0.25, -0.2) is 13.6 Å². The monoisotopic (exact) mass is 256 g/mol. The zero-order chi connectivity index (χ0) is 12.9. The average Bonchev–Trinajstić information content (AvgIpc) is 2.28. The zero-order valence-electron chi connectivity index (χ0n) is 9.64. The fourth-order valence-corrected chi connectivity index (χ4v) is 1.85. The van der Waals surface area contributed by atoms with Crippen LogP contribution in [0.1, 0.15) is 30.1 Å². The van der Waals surface area contributed by atoms with Crippen molar-refractivity contribution in [2.24, 2.45) is 5.14 Å². The third kappa shape index (κ3) is 4.16. The van der Waals surface area contributed by atoms with E-state index in [1.807, 2.05) is 6.92 Å². The Morgan fingerprint density at radius 1 is 1.41 bits per heavy atom. The van der Waals surface area contributed by atoms with E-state index in [1.165, 1.54) is 18.2 Å². The summed E-state index contributed by atoms with van der Waals surface area (Å²) in [6, 6.07) is 5.68. The number of unbranched alkanes of at least 4 members (excludes halogenated alkanes) is 1. The second kappa shape index (κ2) is 5.79. The molecule has 1 aromatic carbocycles. The summed E-state index contributed by atoms with van der Waals surface area (Å²) >= 11 is 0. The van der Waals surface area contributed by atoms with E-state index in [4.69, 9.17) is 5.14 Å². The number of benzene rings is 1. The van der Waals surface area contributed by atoms with Crippen LogP contribution in [0.2, 0.25) is 0 Å². The third-order valence-electron chi connectivity index (χ3n) is 2.24. The van der Waals surface area contributed by atoms with E-state index in [9.17, 15) is 13.2 Å². The van der Waals surface area contributed by atoms with Crippen molar-refractivity contribution < 1.29 is 13.2 Å². The minimum Gasteiger partial charge on any atom is -0.352 e. The molecule has 1 aromatic rings. The van der Waals surface area contributed by atoms with Crippen molar-refractivity contribution in [3.05, 3.63) is 29.8 Å². The van der Waals surface area contributed by atoms with Crippen LogP contribution in [0, 0.1) is 0 Å². The minimum atomic E-state index is -3.76. The van der Waals surface area contributed by atoms with Crippen molar-refractivity contribution in [3.63, 3.8) is 0 Å². The van der Waals surface area contributed by atoms with Crippen molar-refractivity contribution in [2.45, 2.75) is 24.7 Å². The van der Waals surface area contributed by atoms with E-state index in [-0.39, 0.29) is 10.8 Å². The highest BCUT2D eigenvalue weighted by molar-refractivity contribution is 7.89. The molecule has 0 atom stereocenters. The second-order valence-corrected chi connectivity index (χ2v) is 5.24. The van der Waals surface area contributed by atoms with Gasteiger partial charge in [0.15, 0.2) is 0 Å². The van der Waals surface area contributed by atoms with Crippen molar-refractivity contribution >= 4 is 15.9 Å². The van der Waals surface area contributed by atoms with Gasteiger partial charge in [0.2, 0.25) is 10.0 Å². The molecule has 0 unspecified atom stereocenters. The summed E-state index contributed by atoms with van der Waals surface area (Å²) in [7, 11) is -3.76. The van der Waals surface area contributed by atoms with Crippen LogP contribution < -0.4 is 10.5 Å². The first kappa shape index (κ1) is 13.7. The zero-order valence-corrected chi connectivity index (χ0v) is 10.5. The molecule has 17 heavy (non-hydrogen) atoms. The summed E-state index contributed by atoms with van der Waals surface area (Å²) < 4.78 is 22.2. The molecule has 6 heteroatoms. The quantitative estimate of drug-likeness (QED) is 0.766. The number of hydrogen-bond acceptors (Lipinski definition) is 3. The van der Waals surface area contributed by atoms with Gasteiger partial charge in [0, 0.05) is 12.1 Å². The highest BCUT2D eigenvalue weighted by Crippen LogP contribution is 2.09. The molecule has 0 aliphatic carbocycles. The van der Waals surface area contributed by atoms with E-state index in [0.717, 1.165) is 12.8 Å². The van der Waals surface area contributed by atoms with E-state index < -0.39 is 10.0 Å². The van der Waals surface area contributed by atoms with Crippen molar-refractivity contribution in [3.8, 4) is 0 Å². The van der Waals surface area contributed by atoms with Gasteiger partial charge in [0.05, 0.1) is 4.90 Å². The van der Waals surface area contributed by atoms with Gasteiger partial charge >= 0.3 is 0 Å². The first-order valence-corrected chi connectivity index (χ1v) is 6.91. The largest absolute Gasteiger partial charge is 0.352 e. The molecule has 0 aliphatic rings. The normalized spacial score (nSPS) is 11.2. The molecule has 0 aromatic heterocycles. The van der Waals surface area contributed by atoms with Crippen molar-refractivity contribution in [1.82, 2.24) is 5.32 Å². The van der Waals surface area contributed by atoms with Crippen LogP contribution in [-0.2, 0) is 10.0 Å². The van der Waals surface area contributed by atoms with Crippen LogP contribution in [0.25, 0.3) is 0 Å². The number of carbonyl (C=O) groups excluding carboxylic acids is 1. The topological polar surface area (TPSA) is 89.3 Å². The lowest BCUT2D eigenvalue weighted by Gasteiger charge is -2.05. The van der Waals surface area contributed by atoms with Gasteiger partial charge in [-0.2, -0.15) is 0 Å². The Morgan fingerprint density at radius 2 is 2.12 bits per heavy atom. The number of carbonyl (C=O) groups is 1. The van der Waals surface area contributed by atoms with Crippen LogP contribution >= 0.6 is 0 Å². The van der Waals surface area contributed by atoms with Crippen LogP contribution in [0.4, 0.5) is 0 Å². The highest BCUT2D eigenvalue weighted by atomic mass is 32.2. The molecule has 0 saturated carbocycles. The maximum Gasteiger partial charge on any atom is 0.251 e. The fourth-order valence-electron chi connectivity index (χ4n) is 1.30. The fraction of sp³-hybridized carbons (Fsp3) is 0.364. The molecular weight excluding hydrogens is 240 g/mol. The van der Waals surface area contributed by atoms with Crippen LogP contribution in [-0.4, -0.2) is 20.9 Å². The van der Waals surface area contributed by atoms with Gasteiger partial charge in [-0.1, -0.05) is 19.4 Å². The van der Waals surface area contributed by atoms with Crippen molar-refractivity contribution in [2.75, 3.05) is 6.54 Å². The molecule has 0 heterocycles. The van der Waals surface area contributed by atoms with Crippen LogP contribution in [0.15, 0.2) is 29.2 Å². The first-order valence-electron chi connectivity index (χ1n) is 5.36. The lowest BCUT2D eigenvalue weighted by atomic mass is 10.2. The summed E-state index contributed by atoms with van der Waals surface area (Å²) in [4.78, 5) is 11.6. The summed E-state index contributed by atoms with van der Waals surface area (Å²) in [6.45, 7) is 2.60. The Morgan fingerprint density at radius 3 is 2.71 bits per heavy atom. The number of sulfonamides is 1. The number of nitrogens with one attached hydrogen (secondary N) is 1. The number of hydrogen-bond donors (Lipinski definition) is 2. The van der Waals surface area contributed by atoms with E-state index >= 15 is 0 Å². The number of rotatable bonds is 5. The van der Waals surface area contributed by atoms with Gasteiger partial charge < -0.3 is 5.32 Å². The molecule has 5 nitrogen and oxygen atoms in total. The maximum atomic E-state index is 11.7. The molecule has 0 radical (unpaired) electrons. The van der Waals surface area contributed by atoms with Crippen molar-refractivity contribution in [1.29, 1.82) is 0 Å². The Bertz CT molecular complexity index is 497. The molecule has 0 saturated heterocycles. The van der Waals surface area contributed by atoms with Crippen LogP contribution in [0.5, 0.6) is 0 Å². The molecule has 0 aliphatic heterocycles. The highest BCUT2D eigenvalue weighted by Gasteiger charge is 2.11. The van der Waals surface area contributed by atoms with Gasteiger partial charge in [0.25, 0.3) is 5.91 Å². The third-order valence-corrected chi connectivity index (χ3v) is 3.15. The number of nitrogens with two attached hydrogens (primary N) is 1. The molecule has 94 valence electrons. The minimum absolute atomic E-state index is 0.0550. The summed E-state index contributed by atoms with van der Waals surface area (Å²) in [5.74, 6) is -0.288. The molecule has 0 spiro atoms. The van der Waals surface area contributed by atoms with Gasteiger partial charge in [-0.15, -0.1) is 0 Å². The molecular formula is C11H16N2O3S. The summed E-state index contributed by atoms with van der Waals surface area (Å²) in [5.41, 5.74) is 0.299. The lowest BCUT2D eigenvalue weighted by Crippen LogP contribution is -2.24. The Hall–Kier alpha value is -1.40. The van der Waals surface area contributed by atoms with E-state index in [1.54, 1.807) is 6.07 Å². The van der Waals surface area contributed by atoms with Gasteiger partial charge in [-0.05, 0) is 24.6 Å². The second-order valence-electron chi connectivity index (χ2n) is 3.68. The lowest BCUT2D eigenvalue weighted by molar-refractivity contribution is 0.0953. The predicted molar refractivity (Wildman–Crippen MR) is 65.1 cm³/mol. The van der Waals surface area contributed by atoms with Gasteiger partial charge in [0.1, 0.15) is 0 Å². The average molecular weight is 256 g/mol. The van der Waals surface area contributed by atoms with Crippen LogP contribution in [0.3, 0.4) is 0 Å². The van der Waals surface area contributed by atoms with E-state index in [2.05, 4.69) is 5.32 Å². The predicted octanol–water partition coefficient (Wildman–Crippen LogP) is 0.864. The SMILES string of the molecule is CCCCNC(=O)c1cccc(S(N)(=O)=O)c1.